The van der Waals surface area contributed by atoms with Crippen LogP contribution in [0.3, 0.4) is 0 Å². The predicted octanol–water partition coefficient (Wildman–Crippen LogP) is 8.89. The molecule has 0 nitrogen and oxygen atoms in total. The molecule has 150 valence electrons. The average Bonchev–Trinajstić information content (AvgIpc) is 2.70. The molecule has 0 bridgehead atoms. The molecule has 5 aromatic carbocycles. The van der Waals surface area contributed by atoms with Crippen molar-refractivity contribution in [3.8, 4) is 0 Å². The third kappa shape index (κ3) is 2.89. The van der Waals surface area contributed by atoms with Gasteiger partial charge in [0, 0.05) is 0 Å². The Bertz CT molecular complexity index is 1440. The van der Waals surface area contributed by atoms with Crippen LogP contribution >= 0.6 is 0 Å². The smallest absolute Gasteiger partial charge is 0.00648 e. The normalized spacial score (nSPS) is 13.0. The molecule has 0 saturated carbocycles. The molecule has 0 heteroatoms. The van der Waals surface area contributed by atoms with Crippen LogP contribution in [0.4, 0.5) is 0 Å². The Balaban J connectivity index is 2.00. The maximum absolute atomic E-state index is 2.42. The largest absolute Gasteiger partial charge is 0.0616 e. The quantitative estimate of drug-likeness (QED) is 0.183. The molecular weight excluding hydrogens is 360 g/mol. The molecule has 0 amide bonds. The van der Waals surface area contributed by atoms with E-state index in [4.69, 9.17) is 0 Å². The van der Waals surface area contributed by atoms with Crippen molar-refractivity contribution in [3.63, 3.8) is 0 Å². The Kier molecular flexibility index (Phi) is 4.03. The second-order valence-corrected chi connectivity index (χ2v) is 10.7. The van der Waals surface area contributed by atoms with Crippen molar-refractivity contribution >= 4 is 43.1 Å². The summed E-state index contributed by atoms with van der Waals surface area (Å²) in [5, 5.41) is 10.7. The molecule has 0 radical (unpaired) electrons. The molecular formula is C30H30. The van der Waals surface area contributed by atoms with Crippen molar-refractivity contribution in [1.82, 2.24) is 0 Å². The third-order valence-electron chi connectivity index (χ3n) is 6.42. The van der Waals surface area contributed by atoms with Gasteiger partial charge in [0.15, 0.2) is 0 Å². The van der Waals surface area contributed by atoms with E-state index in [2.05, 4.69) is 114 Å². The Labute approximate surface area is 179 Å². The maximum Gasteiger partial charge on any atom is -0.00648 e. The summed E-state index contributed by atoms with van der Waals surface area (Å²) in [5.41, 5.74) is 3.10. The second kappa shape index (κ2) is 6.32. The van der Waals surface area contributed by atoms with E-state index in [1.807, 2.05) is 0 Å². The summed E-state index contributed by atoms with van der Waals surface area (Å²) >= 11 is 0. The first-order valence-electron chi connectivity index (χ1n) is 11.0. The summed E-state index contributed by atoms with van der Waals surface area (Å²) in [7, 11) is 0. The fraction of sp³-hybridized carbons (Fsp3) is 0.267. The Morgan fingerprint density at radius 2 is 1.03 bits per heavy atom. The van der Waals surface area contributed by atoms with Crippen molar-refractivity contribution in [1.29, 1.82) is 0 Å². The van der Waals surface area contributed by atoms with Crippen molar-refractivity contribution < 1.29 is 0 Å². The van der Waals surface area contributed by atoms with Gasteiger partial charge in [0.25, 0.3) is 0 Å². The standard InChI is InChI=1S/C30H30/c1-29(2,3)26-16-15-20-12-14-22-17-24-21(13-11-19-9-7-8-10-23(19)24)18-25(22)27(20)28(26)30(4,5)6/h7-18H,1-6H3. The van der Waals surface area contributed by atoms with Crippen LogP contribution in [0.25, 0.3) is 43.1 Å². The van der Waals surface area contributed by atoms with Gasteiger partial charge < -0.3 is 0 Å². The highest BCUT2D eigenvalue weighted by Gasteiger charge is 2.27. The van der Waals surface area contributed by atoms with Gasteiger partial charge >= 0.3 is 0 Å². The molecule has 0 fully saturated rings. The summed E-state index contributed by atoms with van der Waals surface area (Å²) in [6.45, 7) is 14.0. The lowest BCUT2D eigenvalue weighted by atomic mass is 9.72. The van der Waals surface area contributed by atoms with E-state index in [0.717, 1.165) is 0 Å². The number of rotatable bonds is 0. The van der Waals surface area contributed by atoms with Crippen LogP contribution in [0.2, 0.25) is 0 Å². The Morgan fingerprint density at radius 3 is 1.73 bits per heavy atom. The molecule has 0 aliphatic carbocycles. The zero-order valence-corrected chi connectivity index (χ0v) is 18.9. The summed E-state index contributed by atoms with van der Waals surface area (Å²) in [5.74, 6) is 0. The van der Waals surface area contributed by atoms with Crippen LogP contribution < -0.4 is 0 Å². The van der Waals surface area contributed by atoms with Crippen LogP contribution in [-0.4, -0.2) is 0 Å². The summed E-state index contributed by atoms with van der Waals surface area (Å²) in [4.78, 5) is 0. The average molecular weight is 391 g/mol. The molecule has 30 heavy (non-hydrogen) atoms. The van der Waals surface area contributed by atoms with Gasteiger partial charge in [0.2, 0.25) is 0 Å². The highest BCUT2D eigenvalue weighted by atomic mass is 14.3. The van der Waals surface area contributed by atoms with Crippen LogP contribution in [0.5, 0.6) is 0 Å². The molecule has 0 saturated heterocycles. The first-order chi connectivity index (χ1) is 14.1. The molecule has 5 rings (SSSR count). The van der Waals surface area contributed by atoms with Gasteiger partial charge in [0.1, 0.15) is 0 Å². The SMILES string of the molecule is CC(C)(C)c1ccc2ccc3cc4c(ccc5ccccc54)cc3c2c1C(C)(C)C. The minimum atomic E-state index is 0.0642. The highest BCUT2D eigenvalue weighted by Crippen LogP contribution is 2.42. The van der Waals surface area contributed by atoms with Crippen molar-refractivity contribution in [2.75, 3.05) is 0 Å². The van der Waals surface area contributed by atoms with E-state index in [0.29, 0.717) is 0 Å². The lowest BCUT2D eigenvalue weighted by molar-refractivity contribution is 0.535. The molecule has 0 spiro atoms. The van der Waals surface area contributed by atoms with Gasteiger partial charge in [-0.25, -0.2) is 0 Å². The van der Waals surface area contributed by atoms with Gasteiger partial charge in [-0.15, -0.1) is 0 Å². The van der Waals surface area contributed by atoms with Crippen molar-refractivity contribution in [2.24, 2.45) is 0 Å². The maximum atomic E-state index is 2.42. The number of hydrogen-bond acceptors (Lipinski definition) is 0. The molecule has 0 heterocycles. The zero-order valence-electron chi connectivity index (χ0n) is 18.9. The van der Waals surface area contributed by atoms with E-state index in [1.165, 1.54) is 54.2 Å². The number of fused-ring (bicyclic) bond motifs is 6. The number of benzene rings is 5. The van der Waals surface area contributed by atoms with E-state index >= 15 is 0 Å². The van der Waals surface area contributed by atoms with Gasteiger partial charge in [-0.1, -0.05) is 102 Å². The minimum absolute atomic E-state index is 0.0642. The van der Waals surface area contributed by atoms with Gasteiger partial charge in [-0.2, -0.15) is 0 Å². The van der Waals surface area contributed by atoms with Crippen LogP contribution in [0.15, 0.2) is 72.8 Å². The molecule has 0 N–H and O–H groups in total. The molecule has 5 aromatic rings. The summed E-state index contributed by atoms with van der Waals surface area (Å²) < 4.78 is 0. The van der Waals surface area contributed by atoms with Crippen LogP contribution in [0, 0.1) is 0 Å². The van der Waals surface area contributed by atoms with Gasteiger partial charge in [0.05, 0.1) is 0 Å². The third-order valence-corrected chi connectivity index (χ3v) is 6.42. The van der Waals surface area contributed by atoms with Crippen molar-refractivity contribution in [2.45, 2.75) is 52.4 Å². The topological polar surface area (TPSA) is 0 Å². The summed E-state index contributed by atoms with van der Waals surface area (Å²) in [6.07, 6.45) is 0. The lowest BCUT2D eigenvalue weighted by Crippen LogP contribution is -2.22. The molecule has 0 aliphatic rings. The predicted molar refractivity (Wildman–Crippen MR) is 134 cm³/mol. The van der Waals surface area contributed by atoms with Gasteiger partial charge in [-0.3, -0.25) is 0 Å². The fourth-order valence-electron chi connectivity index (χ4n) is 5.06. The van der Waals surface area contributed by atoms with E-state index < -0.39 is 0 Å². The van der Waals surface area contributed by atoms with Gasteiger partial charge in [-0.05, 0) is 77.2 Å². The second-order valence-electron chi connectivity index (χ2n) is 10.7. The van der Waals surface area contributed by atoms with E-state index in [-0.39, 0.29) is 10.8 Å². The lowest BCUT2D eigenvalue weighted by Gasteiger charge is -2.32. The van der Waals surface area contributed by atoms with Crippen LogP contribution in [-0.2, 0) is 10.8 Å². The first kappa shape index (κ1) is 19.1. The molecule has 0 atom stereocenters. The minimum Gasteiger partial charge on any atom is -0.0616 e. The molecule has 0 unspecified atom stereocenters. The monoisotopic (exact) mass is 390 g/mol. The summed E-state index contributed by atoms with van der Waals surface area (Å²) in [6, 6.07) is 27.3. The first-order valence-corrected chi connectivity index (χ1v) is 11.0. The zero-order chi connectivity index (χ0) is 21.3. The molecule has 0 aromatic heterocycles. The highest BCUT2D eigenvalue weighted by molar-refractivity contribution is 6.18. The van der Waals surface area contributed by atoms with E-state index in [1.54, 1.807) is 0 Å². The Morgan fingerprint density at radius 1 is 0.467 bits per heavy atom. The Hall–Kier alpha value is -2.86. The number of hydrogen-bond donors (Lipinski definition) is 0. The van der Waals surface area contributed by atoms with Crippen molar-refractivity contribution in [3.05, 3.63) is 83.9 Å². The van der Waals surface area contributed by atoms with E-state index in [9.17, 15) is 0 Å². The van der Waals surface area contributed by atoms with Crippen LogP contribution in [0.1, 0.15) is 52.7 Å². The molecule has 0 aliphatic heterocycles. The fourth-order valence-corrected chi connectivity index (χ4v) is 5.06.